The number of para-hydroxylation sites is 1. The Balaban J connectivity index is 1.41. The lowest BCUT2D eigenvalue weighted by Gasteiger charge is -2.04. The number of rotatable bonds is 5. The Bertz CT molecular complexity index is 1370. The number of carbonyl (C=O) groups is 1. The van der Waals surface area contributed by atoms with Crippen LogP contribution >= 0.6 is 11.3 Å². The molecule has 2 aromatic carbocycles. The number of amides is 1. The number of carbonyl (C=O) groups excluding carboxylic acids is 1. The van der Waals surface area contributed by atoms with Crippen LogP contribution in [-0.2, 0) is 0 Å². The Hall–Kier alpha value is -4.37. The van der Waals surface area contributed by atoms with Gasteiger partial charge in [-0.15, -0.1) is 16.4 Å². The molecule has 156 valence electrons. The van der Waals surface area contributed by atoms with Crippen molar-refractivity contribution < 1.29 is 9.90 Å². The van der Waals surface area contributed by atoms with E-state index in [4.69, 9.17) is 0 Å². The molecule has 1 amide bonds. The van der Waals surface area contributed by atoms with Crippen molar-refractivity contribution in [2.45, 2.75) is 0 Å². The molecule has 0 saturated heterocycles. The van der Waals surface area contributed by atoms with E-state index < -0.39 is 5.91 Å². The zero-order chi connectivity index (χ0) is 21.9. The van der Waals surface area contributed by atoms with Crippen molar-refractivity contribution in [2.24, 2.45) is 0 Å². The second-order valence-electron chi connectivity index (χ2n) is 6.78. The van der Waals surface area contributed by atoms with E-state index in [9.17, 15) is 9.90 Å². The molecule has 5 rings (SSSR count). The van der Waals surface area contributed by atoms with Gasteiger partial charge in [0.05, 0.1) is 28.6 Å². The third-order valence-electron chi connectivity index (χ3n) is 4.57. The molecule has 0 aliphatic carbocycles. The summed E-state index contributed by atoms with van der Waals surface area (Å²) >= 11 is 1.52. The normalized spacial score (nSPS) is 10.8. The van der Waals surface area contributed by atoms with Crippen LogP contribution in [0.25, 0.3) is 27.8 Å². The highest BCUT2D eigenvalue weighted by molar-refractivity contribution is 7.13. The molecule has 3 heterocycles. The van der Waals surface area contributed by atoms with Gasteiger partial charge in [0.25, 0.3) is 5.91 Å². The minimum Gasteiger partial charge on any atom is -0.508 e. The van der Waals surface area contributed by atoms with Gasteiger partial charge in [-0.05, 0) is 35.7 Å². The predicted molar refractivity (Wildman–Crippen MR) is 122 cm³/mol. The first-order chi connectivity index (χ1) is 15.7. The summed E-state index contributed by atoms with van der Waals surface area (Å²) in [6.45, 7) is 0. The number of thiophene rings is 1. The fourth-order valence-electron chi connectivity index (χ4n) is 3.10. The number of phenolic OH excluding ortho intramolecular Hbond substituents is 1. The summed E-state index contributed by atoms with van der Waals surface area (Å²) < 4.78 is 1.65. The lowest BCUT2D eigenvalue weighted by molar-refractivity contribution is 0.101. The fourth-order valence-corrected chi connectivity index (χ4v) is 3.79. The maximum absolute atomic E-state index is 12.8. The molecule has 0 atom stereocenters. The molecule has 0 aliphatic rings. The standard InChI is InChI=1S/C23H16N6O2S/c30-18-9-4-6-15(12-18)20-24-13-16(14-25-20)26-23(31)21-27-22(19-10-5-11-32-19)29(28-21)17-7-2-1-3-8-17/h1-14,30H,(H,26,31). The molecule has 0 unspecified atom stereocenters. The van der Waals surface area contributed by atoms with Crippen molar-refractivity contribution in [1.29, 1.82) is 0 Å². The summed E-state index contributed by atoms with van der Waals surface area (Å²) in [7, 11) is 0. The van der Waals surface area contributed by atoms with Crippen LogP contribution in [0.3, 0.4) is 0 Å². The average Bonchev–Trinajstić information content (AvgIpc) is 3.50. The van der Waals surface area contributed by atoms with Gasteiger partial charge < -0.3 is 10.4 Å². The molecule has 0 aliphatic heterocycles. The first kappa shape index (κ1) is 19.6. The first-order valence-electron chi connectivity index (χ1n) is 9.66. The van der Waals surface area contributed by atoms with Crippen LogP contribution < -0.4 is 5.32 Å². The van der Waals surface area contributed by atoms with E-state index in [2.05, 4.69) is 25.4 Å². The Morgan fingerprint density at radius 3 is 2.50 bits per heavy atom. The van der Waals surface area contributed by atoms with Gasteiger partial charge in [-0.3, -0.25) is 4.79 Å². The number of aromatic hydroxyl groups is 1. The SMILES string of the molecule is O=C(Nc1cnc(-c2cccc(O)c2)nc1)c1nc(-c2cccs2)n(-c2ccccc2)n1. The van der Waals surface area contributed by atoms with E-state index in [1.54, 1.807) is 28.9 Å². The number of nitrogens with one attached hydrogen (secondary N) is 1. The van der Waals surface area contributed by atoms with E-state index in [1.807, 2.05) is 47.8 Å². The van der Waals surface area contributed by atoms with E-state index in [1.165, 1.54) is 23.7 Å². The number of phenols is 1. The van der Waals surface area contributed by atoms with E-state index in [0.717, 1.165) is 10.6 Å². The Labute approximate surface area is 186 Å². The highest BCUT2D eigenvalue weighted by Gasteiger charge is 2.19. The van der Waals surface area contributed by atoms with Crippen LogP contribution in [0.5, 0.6) is 5.75 Å². The molecule has 2 N–H and O–H groups in total. The van der Waals surface area contributed by atoms with Gasteiger partial charge in [-0.1, -0.05) is 36.4 Å². The second-order valence-corrected chi connectivity index (χ2v) is 7.73. The van der Waals surface area contributed by atoms with Crippen LogP contribution in [0, 0.1) is 0 Å². The molecule has 9 heteroatoms. The van der Waals surface area contributed by atoms with Gasteiger partial charge in [0.15, 0.2) is 11.6 Å². The number of aromatic nitrogens is 5. The number of nitrogens with zero attached hydrogens (tertiary/aromatic N) is 5. The van der Waals surface area contributed by atoms with Crippen molar-refractivity contribution >= 4 is 22.9 Å². The summed E-state index contributed by atoms with van der Waals surface area (Å²) in [6.07, 6.45) is 3.00. The quantitative estimate of drug-likeness (QED) is 0.419. The van der Waals surface area contributed by atoms with Crippen LogP contribution in [0.15, 0.2) is 84.5 Å². The summed E-state index contributed by atoms with van der Waals surface area (Å²) in [4.78, 5) is 26.8. The Morgan fingerprint density at radius 1 is 0.969 bits per heavy atom. The van der Waals surface area contributed by atoms with Gasteiger partial charge in [-0.2, -0.15) is 0 Å². The number of benzene rings is 2. The fraction of sp³-hybridized carbons (Fsp3) is 0. The van der Waals surface area contributed by atoms with Crippen LogP contribution in [0.4, 0.5) is 5.69 Å². The predicted octanol–water partition coefficient (Wildman–Crippen LogP) is 4.41. The Morgan fingerprint density at radius 2 is 1.78 bits per heavy atom. The third-order valence-corrected chi connectivity index (χ3v) is 5.43. The lowest BCUT2D eigenvalue weighted by Crippen LogP contribution is -2.14. The van der Waals surface area contributed by atoms with Crippen molar-refractivity contribution in [1.82, 2.24) is 24.7 Å². The van der Waals surface area contributed by atoms with E-state index in [0.29, 0.717) is 22.9 Å². The van der Waals surface area contributed by atoms with E-state index >= 15 is 0 Å². The Kier molecular flexibility index (Phi) is 5.14. The largest absolute Gasteiger partial charge is 0.508 e. The molecular formula is C23H16N6O2S. The van der Waals surface area contributed by atoms with Gasteiger partial charge in [0.1, 0.15) is 5.75 Å². The van der Waals surface area contributed by atoms with Gasteiger partial charge in [0, 0.05) is 5.56 Å². The summed E-state index contributed by atoms with van der Waals surface area (Å²) in [5, 5.41) is 18.7. The highest BCUT2D eigenvalue weighted by Crippen LogP contribution is 2.26. The number of hydrogen-bond donors (Lipinski definition) is 2. The number of hydrogen-bond acceptors (Lipinski definition) is 7. The van der Waals surface area contributed by atoms with Gasteiger partial charge in [0.2, 0.25) is 5.82 Å². The van der Waals surface area contributed by atoms with Gasteiger partial charge in [-0.25, -0.2) is 19.6 Å². The van der Waals surface area contributed by atoms with Crippen LogP contribution in [0.2, 0.25) is 0 Å². The molecule has 5 aromatic rings. The maximum atomic E-state index is 12.8. The van der Waals surface area contributed by atoms with Crippen molar-refractivity contribution in [3.63, 3.8) is 0 Å². The van der Waals surface area contributed by atoms with Crippen molar-refractivity contribution in [3.05, 3.63) is 90.3 Å². The topological polar surface area (TPSA) is 106 Å². The van der Waals surface area contributed by atoms with Gasteiger partial charge >= 0.3 is 0 Å². The monoisotopic (exact) mass is 440 g/mol. The molecule has 32 heavy (non-hydrogen) atoms. The zero-order valence-electron chi connectivity index (χ0n) is 16.6. The van der Waals surface area contributed by atoms with Crippen molar-refractivity contribution in [2.75, 3.05) is 5.32 Å². The average molecular weight is 440 g/mol. The second kappa shape index (κ2) is 8.40. The third kappa shape index (κ3) is 3.96. The zero-order valence-corrected chi connectivity index (χ0v) is 17.4. The smallest absolute Gasteiger partial charge is 0.295 e. The van der Waals surface area contributed by atoms with Crippen molar-refractivity contribution in [3.8, 4) is 33.5 Å². The molecule has 0 bridgehead atoms. The molecule has 0 saturated carbocycles. The van der Waals surface area contributed by atoms with Crippen LogP contribution in [-0.4, -0.2) is 35.7 Å². The van der Waals surface area contributed by atoms with E-state index in [-0.39, 0.29) is 11.6 Å². The minimum atomic E-state index is -0.466. The minimum absolute atomic E-state index is 0.0364. The molecule has 0 spiro atoms. The highest BCUT2D eigenvalue weighted by atomic mass is 32.1. The molecule has 0 radical (unpaired) electrons. The lowest BCUT2D eigenvalue weighted by atomic mass is 10.2. The molecule has 3 aromatic heterocycles. The molecule has 0 fully saturated rings. The molecular weight excluding hydrogens is 424 g/mol. The summed E-state index contributed by atoms with van der Waals surface area (Å²) in [5.74, 6) is 0.725. The van der Waals surface area contributed by atoms with Crippen LogP contribution in [0.1, 0.15) is 10.6 Å². The summed E-state index contributed by atoms with van der Waals surface area (Å²) in [6, 6.07) is 20.0. The summed E-state index contributed by atoms with van der Waals surface area (Å²) in [5.41, 5.74) is 1.89. The number of anilines is 1. The maximum Gasteiger partial charge on any atom is 0.295 e. The first-order valence-corrected chi connectivity index (χ1v) is 10.5. The molecule has 8 nitrogen and oxygen atoms in total.